The van der Waals surface area contributed by atoms with E-state index in [0.717, 1.165) is 0 Å². The zero-order chi connectivity index (χ0) is 13.2. The monoisotopic (exact) mass is 280 g/mol. The second-order valence-electron chi connectivity index (χ2n) is 4.47. The molecule has 0 spiro atoms. The molecule has 1 aliphatic heterocycles. The van der Waals surface area contributed by atoms with Gasteiger partial charge in [-0.25, -0.2) is 0 Å². The maximum Gasteiger partial charge on any atom is 0.235 e. The number of rotatable bonds is 2. The van der Waals surface area contributed by atoms with E-state index in [4.69, 9.17) is 20.9 Å². The molecule has 5 nitrogen and oxygen atoms in total. The number of hydrogen-bond acceptors (Lipinski definition) is 5. The van der Waals surface area contributed by atoms with Crippen LogP contribution in [-0.4, -0.2) is 34.6 Å². The molecule has 0 aliphatic carbocycles. The van der Waals surface area contributed by atoms with Gasteiger partial charge in [-0.15, -0.1) is 0 Å². The summed E-state index contributed by atoms with van der Waals surface area (Å²) in [7, 11) is 0. The van der Waals surface area contributed by atoms with E-state index >= 15 is 0 Å². The van der Waals surface area contributed by atoms with Crippen LogP contribution >= 0.6 is 11.6 Å². The maximum atomic E-state index is 9.92. The highest BCUT2D eigenvalue weighted by Crippen LogP contribution is 2.29. The summed E-state index contributed by atoms with van der Waals surface area (Å²) in [5.74, 6) is 0.554. The lowest BCUT2D eigenvalue weighted by atomic mass is 9.99. The third kappa shape index (κ3) is 2.49. The summed E-state index contributed by atoms with van der Waals surface area (Å²) >= 11 is 6.09. The van der Waals surface area contributed by atoms with Crippen molar-refractivity contribution >= 4 is 11.6 Å². The minimum Gasteiger partial charge on any atom is -0.392 e. The van der Waals surface area contributed by atoms with E-state index < -0.39 is 6.10 Å². The van der Waals surface area contributed by atoms with Gasteiger partial charge in [-0.05, 0) is 18.6 Å². The molecule has 100 valence electrons. The van der Waals surface area contributed by atoms with Crippen molar-refractivity contribution in [2.45, 2.75) is 18.4 Å². The molecule has 0 amide bonds. The maximum absolute atomic E-state index is 9.92. The molecule has 2 aromatic rings. The van der Waals surface area contributed by atoms with Crippen molar-refractivity contribution in [3.05, 3.63) is 35.2 Å². The van der Waals surface area contributed by atoms with E-state index in [2.05, 4.69) is 10.1 Å². The first-order valence-electron chi connectivity index (χ1n) is 6.10. The molecule has 0 bridgehead atoms. The average molecular weight is 281 g/mol. The van der Waals surface area contributed by atoms with Crippen molar-refractivity contribution in [1.29, 1.82) is 0 Å². The van der Waals surface area contributed by atoms with Gasteiger partial charge in [0.15, 0.2) is 0 Å². The molecule has 1 N–H and O–H groups in total. The fourth-order valence-electron chi connectivity index (χ4n) is 2.10. The van der Waals surface area contributed by atoms with Crippen LogP contribution in [0.15, 0.2) is 28.8 Å². The predicted octanol–water partition coefficient (Wildman–Crippen LogP) is 2.25. The van der Waals surface area contributed by atoms with Crippen molar-refractivity contribution in [3.63, 3.8) is 0 Å². The molecule has 0 saturated carbocycles. The second-order valence-corrected chi connectivity index (χ2v) is 4.88. The third-order valence-corrected chi connectivity index (χ3v) is 3.52. The van der Waals surface area contributed by atoms with Crippen LogP contribution in [-0.2, 0) is 4.74 Å². The van der Waals surface area contributed by atoms with E-state index in [1.54, 1.807) is 6.07 Å². The Kier molecular flexibility index (Phi) is 3.50. The van der Waals surface area contributed by atoms with Crippen LogP contribution in [0.3, 0.4) is 0 Å². The fourth-order valence-corrected chi connectivity index (χ4v) is 2.32. The minimum atomic E-state index is -0.506. The Bertz CT molecular complexity index is 573. The molecule has 19 heavy (non-hydrogen) atoms. The zero-order valence-corrected chi connectivity index (χ0v) is 10.9. The van der Waals surface area contributed by atoms with Gasteiger partial charge in [0.2, 0.25) is 11.7 Å². The Morgan fingerprint density at radius 3 is 2.95 bits per heavy atom. The highest BCUT2D eigenvalue weighted by atomic mass is 35.5. The quantitative estimate of drug-likeness (QED) is 0.914. The largest absolute Gasteiger partial charge is 0.392 e. The number of aliphatic hydroxyl groups is 1. The lowest BCUT2D eigenvalue weighted by Gasteiger charge is -2.24. The molecule has 1 aromatic carbocycles. The van der Waals surface area contributed by atoms with Crippen LogP contribution in [0.4, 0.5) is 0 Å². The Labute approximate surface area is 115 Å². The molecular weight excluding hydrogens is 268 g/mol. The topological polar surface area (TPSA) is 68.4 Å². The van der Waals surface area contributed by atoms with Gasteiger partial charge in [0.1, 0.15) is 0 Å². The van der Waals surface area contributed by atoms with E-state index in [1.165, 1.54) is 0 Å². The second kappa shape index (κ2) is 5.28. The summed E-state index contributed by atoms with van der Waals surface area (Å²) < 4.78 is 10.6. The molecule has 2 heterocycles. The molecule has 6 heteroatoms. The summed E-state index contributed by atoms with van der Waals surface area (Å²) in [5.41, 5.74) is 0.713. The van der Waals surface area contributed by atoms with Gasteiger partial charge < -0.3 is 14.4 Å². The van der Waals surface area contributed by atoms with E-state index in [1.807, 2.05) is 18.2 Å². The zero-order valence-electron chi connectivity index (χ0n) is 10.1. The van der Waals surface area contributed by atoms with Gasteiger partial charge in [0, 0.05) is 12.2 Å². The Balaban J connectivity index is 1.89. The van der Waals surface area contributed by atoms with Gasteiger partial charge in [-0.3, -0.25) is 0 Å². The number of hydrogen-bond donors (Lipinski definition) is 1. The Morgan fingerprint density at radius 2 is 2.16 bits per heavy atom. The van der Waals surface area contributed by atoms with Crippen molar-refractivity contribution in [2.75, 3.05) is 13.2 Å². The number of ether oxygens (including phenoxy) is 1. The Morgan fingerprint density at radius 1 is 1.32 bits per heavy atom. The number of aliphatic hydroxyl groups excluding tert-OH is 1. The number of aromatic nitrogens is 2. The van der Waals surface area contributed by atoms with Crippen molar-refractivity contribution in [2.24, 2.45) is 0 Å². The fraction of sp³-hybridized carbons (Fsp3) is 0.385. The van der Waals surface area contributed by atoms with E-state index in [-0.39, 0.29) is 5.92 Å². The molecule has 1 fully saturated rings. The van der Waals surface area contributed by atoms with Crippen LogP contribution in [0.25, 0.3) is 11.4 Å². The number of nitrogens with zero attached hydrogens (tertiary/aromatic N) is 2. The highest BCUT2D eigenvalue weighted by Gasteiger charge is 2.30. The number of halogens is 1. The standard InChI is InChI=1S/C13H13ClN2O3/c14-10-4-2-1-3-8(10)12-15-13(19-16-12)9-7-18-6-5-11(9)17/h1-4,9,11,17H,5-7H2. The smallest absolute Gasteiger partial charge is 0.235 e. The first-order chi connectivity index (χ1) is 9.25. The molecule has 2 unspecified atom stereocenters. The summed E-state index contributed by atoms with van der Waals surface area (Å²) in [6.07, 6.45) is 0.0716. The summed E-state index contributed by atoms with van der Waals surface area (Å²) in [6.45, 7) is 0.953. The SMILES string of the molecule is OC1CCOCC1c1nc(-c2ccccc2Cl)no1. The molecule has 1 saturated heterocycles. The van der Waals surface area contributed by atoms with Crippen molar-refractivity contribution in [3.8, 4) is 11.4 Å². The van der Waals surface area contributed by atoms with Crippen LogP contribution in [0.2, 0.25) is 5.02 Å². The molecule has 2 atom stereocenters. The Hall–Kier alpha value is -1.43. The average Bonchev–Trinajstić information content (AvgIpc) is 2.89. The third-order valence-electron chi connectivity index (χ3n) is 3.19. The van der Waals surface area contributed by atoms with Crippen LogP contribution in [0.5, 0.6) is 0 Å². The molecule has 3 rings (SSSR count). The summed E-state index contributed by atoms with van der Waals surface area (Å²) in [4.78, 5) is 4.31. The lowest BCUT2D eigenvalue weighted by molar-refractivity contribution is -0.0149. The van der Waals surface area contributed by atoms with Gasteiger partial charge in [-0.1, -0.05) is 28.9 Å². The first-order valence-corrected chi connectivity index (χ1v) is 6.48. The predicted molar refractivity (Wildman–Crippen MR) is 68.9 cm³/mol. The van der Waals surface area contributed by atoms with Gasteiger partial charge in [-0.2, -0.15) is 4.98 Å². The van der Waals surface area contributed by atoms with Crippen LogP contribution < -0.4 is 0 Å². The normalized spacial score (nSPS) is 23.5. The van der Waals surface area contributed by atoms with Gasteiger partial charge >= 0.3 is 0 Å². The van der Waals surface area contributed by atoms with Crippen molar-refractivity contribution < 1.29 is 14.4 Å². The minimum absolute atomic E-state index is 0.266. The summed E-state index contributed by atoms with van der Waals surface area (Å²) in [5, 5.41) is 14.4. The van der Waals surface area contributed by atoms with Crippen LogP contribution in [0, 0.1) is 0 Å². The number of benzene rings is 1. The van der Waals surface area contributed by atoms with Gasteiger partial charge in [0.25, 0.3) is 0 Å². The first kappa shape index (κ1) is 12.6. The van der Waals surface area contributed by atoms with Crippen LogP contribution in [0.1, 0.15) is 18.2 Å². The van der Waals surface area contributed by atoms with E-state index in [0.29, 0.717) is 41.9 Å². The molecule has 1 aromatic heterocycles. The molecule has 0 radical (unpaired) electrons. The van der Waals surface area contributed by atoms with Crippen molar-refractivity contribution in [1.82, 2.24) is 10.1 Å². The van der Waals surface area contributed by atoms with E-state index in [9.17, 15) is 5.11 Å². The lowest BCUT2D eigenvalue weighted by Crippen LogP contribution is -2.30. The molecule has 1 aliphatic rings. The summed E-state index contributed by atoms with van der Waals surface area (Å²) in [6, 6.07) is 7.29. The highest BCUT2D eigenvalue weighted by molar-refractivity contribution is 6.33. The molecular formula is C13H13ClN2O3. The van der Waals surface area contributed by atoms with Gasteiger partial charge in [0.05, 0.1) is 23.7 Å².